The smallest absolute Gasteiger partial charge is 0.306 e. The van der Waals surface area contributed by atoms with E-state index in [1.807, 2.05) is 30.3 Å². The summed E-state index contributed by atoms with van der Waals surface area (Å²) >= 11 is 0. The highest BCUT2D eigenvalue weighted by molar-refractivity contribution is 5.67. The van der Waals surface area contributed by atoms with E-state index in [0.717, 1.165) is 5.56 Å². The number of nitrogens with one attached hydrogen (secondary N) is 1. The van der Waals surface area contributed by atoms with Crippen LogP contribution in [-0.2, 0) is 11.2 Å². The van der Waals surface area contributed by atoms with Crippen molar-refractivity contribution < 1.29 is 20.1 Å². The summed E-state index contributed by atoms with van der Waals surface area (Å²) in [5.74, 6) is -1.03. The molecule has 0 amide bonds. The lowest BCUT2D eigenvalue weighted by Crippen LogP contribution is -2.40. The van der Waals surface area contributed by atoms with Gasteiger partial charge in [-0.25, -0.2) is 0 Å². The van der Waals surface area contributed by atoms with E-state index in [2.05, 4.69) is 5.32 Å². The third kappa shape index (κ3) is 5.77. The van der Waals surface area contributed by atoms with Gasteiger partial charge in [0.2, 0.25) is 0 Å². The van der Waals surface area contributed by atoms with Gasteiger partial charge in [-0.2, -0.15) is 0 Å². The van der Waals surface area contributed by atoms with E-state index >= 15 is 0 Å². The summed E-state index contributed by atoms with van der Waals surface area (Å²) in [4.78, 5) is 10.4. The molecule has 0 radical (unpaired) electrons. The van der Waals surface area contributed by atoms with Crippen molar-refractivity contribution in [3.05, 3.63) is 35.9 Å². The predicted octanol–water partition coefficient (Wildman–Crippen LogP) is 0.0152. The first kappa shape index (κ1) is 14.6. The maximum absolute atomic E-state index is 10.4. The monoisotopic (exact) mass is 253 g/mol. The summed E-state index contributed by atoms with van der Waals surface area (Å²) in [5.41, 5.74) is 1.08. The fraction of sp³-hybridized carbons (Fsp3) is 0.462. The first-order valence-corrected chi connectivity index (χ1v) is 5.90. The summed E-state index contributed by atoms with van der Waals surface area (Å²) in [6.45, 7) is 0.0963. The average molecular weight is 253 g/mol. The molecule has 2 atom stereocenters. The quantitative estimate of drug-likeness (QED) is 0.524. The predicted molar refractivity (Wildman–Crippen MR) is 67.3 cm³/mol. The lowest BCUT2D eigenvalue weighted by Gasteiger charge is -2.18. The fourth-order valence-corrected chi connectivity index (χ4v) is 1.68. The van der Waals surface area contributed by atoms with Crippen molar-refractivity contribution in [2.45, 2.75) is 25.0 Å². The molecule has 1 aromatic rings. The number of hydrogen-bond donors (Lipinski definition) is 4. The Hall–Kier alpha value is -1.43. The molecular formula is C13H19NO4. The summed E-state index contributed by atoms with van der Waals surface area (Å²) in [5, 5.41) is 30.1. The van der Waals surface area contributed by atoms with Crippen LogP contribution in [0.3, 0.4) is 0 Å². The zero-order chi connectivity index (χ0) is 13.4. The molecule has 18 heavy (non-hydrogen) atoms. The molecule has 0 aromatic heterocycles. The zero-order valence-corrected chi connectivity index (χ0v) is 10.1. The molecule has 0 aliphatic carbocycles. The summed E-state index contributed by atoms with van der Waals surface area (Å²) in [6, 6.07) is 9.49. The molecule has 0 aliphatic rings. The normalized spacial score (nSPS) is 14.1. The molecule has 0 saturated carbocycles. The highest BCUT2D eigenvalue weighted by Gasteiger charge is 2.13. The van der Waals surface area contributed by atoms with Crippen LogP contribution in [0.5, 0.6) is 0 Å². The Morgan fingerprint density at radius 1 is 1.28 bits per heavy atom. The van der Waals surface area contributed by atoms with E-state index in [4.69, 9.17) is 5.11 Å². The molecule has 2 unspecified atom stereocenters. The van der Waals surface area contributed by atoms with Gasteiger partial charge < -0.3 is 20.6 Å². The molecule has 5 heteroatoms. The fourth-order valence-electron chi connectivity index (χ4n) is 1.68. The Bertz CT molecular complexity index is 355. The Balaban J connectivity index is 2.36. The lowest BCUT2D eigenvalue weighted by atomic mass is 10.1. The molecule has 4 N–H and O–H groups in total. The van der Waals surface area contributed by atoms with Crippen LogP contribution in [0.15, 0.2) is 30.3 Å². The van der Waals surface area contributed by atoms with Gasteiger partial charge in [-0.05, 0) is 12.0 Å². The average Bonchev–Trinajstić information content (AvgIpc) is 2.35. The molecule has 1 aromatic carbocycles. The van der Waals surface area contributed by atoms with Crippen molar-refractivity contribution in [1.29, 1.82) is 0 Å². The van der Waals surface area contributed by atoms with Crippen LogP contribution in [0, 0.1) is 0 Å². The molecule has 100 valence electrons. The van der Waals surface area contributed by atoms with Crippen LogP contribution in [0.4, 0.5) is 0 Å². The van der Waals surface area contributed by atoms with Gasteiger partial charge in [0, 0.05) is 12.6 Å². The number of carbonyl (C=O) groups is 1. The van der Waals surface area contributed by atoms with Crippen molar-refractivity contribution in [2.75, 3.05) is 13.2 Å². The Morgan fingerprint density at radius 2 is 1.94 bits per heavy atom. The van der Waals surface area contributed by atoms with E-state index < -0.39 is 12.1 Å². The SMILES string of the molecule is O=C(O)CC(O)CNC(CO)Cc1ccccc1. The van der Waals surface area contributed by atoms with Crippen LogP contribution in [0.1, 0.15) is 12.0 Å². The number of aliphatic hydroxyl groups excluding tert-OH is 2. The number of carboxylic acid groups (broad SMARTS) is 1. The second kappa shape index (κ2) is 7.81. The van der Waals surface area contributed by atoms with E-state index in [1.54, 1.807) is 0 Å². The highest BCUT2D eigenvalue weighted by Crippen LogP contribution is 2.03. The number of rotatable bonds is 8. The van der Waals surface area contributed by atoms with Gasteiger partial charge in [0.1, 0.15) is 0 Å². The van der Waals surface area contributed by atoms with Crippen LogP contribution in [0.25, 0.3) is 0 Å². The molecular weight excluding hydrogens is 234 g/mol. The van der Waals surface area contributed by atoms with Crippen molar-refractivity contribution >= 4 is 5.97 Å². The molecule has 0 spiro atoms. The van der Waals surface area contributed by atoms with Crippen molar-refractivity contribution in [1.82, 2.24) is 5.32 Å². The number of hydrogen-bond acceptors (Lipinski definition) is 4. The lowest BCUT2D eigenvalue weighted by molar-refractivity contribution is -0.139. The van der Waals surface area contributed by atoms with Crippen molar-refractivity contribution in [3.63, 3.8) is 0 Å². The number of benzene rings is 1. The molecule has 1 rings (SSSR count). The Kier molecular flexibility index (Phi) is 6.35. The van der Waals surface area contributed by atoms with Gasteiger partial charge >= 0.3 is 5.97 Å². The maximum atomic E-state index is 10.4. The second-order valence-corrected chi connectivity index (χ2v) is 4.23. The second-order valence-electron chi connectivity index (χ2n) is 4.23. The third-order valence-corrected chi connectivity index (χ3v) is 2.60. The topological polar surface area (TPSA) is 89.8 Å². The molecule has 5 nitrogen and oxygen atoms in total. The van der Waals surface area contributed by atoms with Crippen LogP contribution >= 0.6 is 0 Å². The standard InChI is InChI=1S/C13H19NO4/c15-9-11(6-10-4-2-1-3-5-10)14-8-12(16)7-13(17)18/h1-5,11-12,14-16H,6-9H2,(H,17,18). The number of aliphatic hydroxyl groups is 2. The minimum absolute atomic E-state index is 0.0608. The minimum Gasteiger partial charge on any atom is -0.481 e. The maximum Gasteiger partial charge on any atom is 0.306 e. The van der Waals surface area contributed by atoms with Gasteiger partial charge in [0.15, 0.2) is 0 Å². The van der Waals surface area contributed by atoms with Crippen molar-refractivity contribution in [3.8, 4) is 0 Å². The van der Waals surface area contributed by atoms with E-state index in [9.17, 15) is 15.0 Å². The first-order chi connectivity index (χ1) is 8.61. The van der Waals surface area contributed by atoms with E-state index in [-0.39, 0.29) is 25.6 Å². The van der Waals surface area contributed by atoms with Crippen LogP contribution in [-0.4, -0.2) is 46.6 Å². The van der Waals surface area contributed by atoms with Gasteiger partial charge in [0.25, 0.3) is 0 Å². The molecule has 0 heterocycles. The largest absolute Gasteiger partial charge is 0.481 e. The summed E-state index contributed by atoms with van der Waals surface area (Å²) in [7, 11) is 0. The van der Waals surface area contributed by atoms with E-state index in [0.29, 0.717) is 6.42 Å². The van der Waals surface area contributed by atoms with E-state index in [1.165, 1.54) is 0 Å². The van der Waals surface area contributed by atoms with Crippen LogP contribution in [0.2, 0.25) is 0 Å². The highest BCUT2D eigenvalue weighted by atomic mass is 16.4. The number of aliphatic carboxylic acids is 1. The molecule has 0 bridgehead atoms. The van der Waals surface area contributed by atoms with Crippen LogP contribution < -0.4 is 5.32 Å². The minimum atomic E-state index is -1.03. The molecule has 0 fully saturated rings. The van der Waals surface area contributed by atoms with Gasteiger partial charge in [-0.1, -0.05) is 30.3 Å². The van der Waals surface area contributed by atoms with Crippen molar-refractivity contribution in [2.24, 2.45) is 0 Å². The summed E-state index contributed by atoms with van der Waals surface area (Å²) in [6.07, 6.45) is -0.597. The molecule has 0 saturated heterocycles. The molecule has 0 aliphatic heterocycles. The summed E-state index contributed by atoms with van der Waals surface area (Å²) < 4.78 is 0. The Labute approximate surface area is 106 Å². The van der Waals surface area contributed by atoms with Gasteiger partial charge in [-0.15, -0.1) is 0 Å². The van der Waals surface area contributed by atoms with Gasteiger partial charge in [-0.3, -0.25) is 4.79 Å². The zero-order valence-electron chi connectivity index (χ0n) is 10.1. The third-order valence-electron chi connectivity index (χ3n) is 2.60. The Morgan fingerprint density at radius 3 is 2.50 bits per heavy atom. The van der Waals surface area contributed by atoms with Gasteiger partial charge in [0.05, 0.1) is 19.1 Å². The number of carboxylic acids is 1. The first-order valence-electron chi connectivity index (χ1n) is 5.90.